The third-order valence-electron chi connectivity index (χ3n) is 4.55. The summed E-state index contributed by atoms with van der Waals surface area (Å²) in [5.41, 5.74) is 1.03. The lowest BCUT2D eigenvalue weighted by Gasteiger charge is -2.36. The van der Waals surface area contributed by atoms with Gasteiger partial charge >= 0.3 is 6.09 Å². The molecular formula is C19H29FN2O2. The molecule has 1 N–H and O–H groups in total. The van der Waals surface area contributed by atoms with Gasteiger partial charge in [0.1, 0.15) is 11.4 Å². The molecule has 0 aliphatic carbocycles. The number of nitrogens with zero attached hydrogens (tertiary/aromatic N) is 1. The van der Waals surface area contributed by atoms with Gasteiger partial charge in [-0.25, -0.2) is 9.18 Å². The quantitative estimate of drug-likeness (QED) is 0.878. The van der Waals surface area contributed by atoms with E-state index in [0.717, 1.165) is 18.5 Å². The molecule has 1 fully saturated rings. The first-order valence-corrected chi connectivity index (χ1v) is 8.67. The second-order valence-electron chi connectivity index (χ2n) is 7.65. The van der Waals surface area contributed by atoms with Crippen LogP contribution in [0.4, 0.5) is 14.9 Å². The van der Waals surface area contributed by atoms with E-state index in [9.17, 15) is 9.18 Å². The highest BCUT2D eigenvalue weighted by Crippen LogP contribution is 2.26. The summed E-state index contributed by atoms with van der Waals surface area (Å²) in [6, 6.07) is 5.34. The third-order valence-corrected chi connectivity index (χ3v) is 4.55. The Morgan fingerprint density at radius 1 is 1.33 bits per heavy atom. The van der Waals surface area contributed by atoms with Crippen molar-refractivity contribution in [2.24, 2.45) is 5.92 Å². The summed E-state index contributed by atoms with van der Waals surface area (Å²) in [4.78, 5) is 13.9. The first-order chi connectivity index (χ1) is 11.2. The highest BCUT2D eigenvalue weighted by Gasteiger charge is 2.29. The second-order valence-corrected chi connectivity index (χ2v) is 7.65. The Hall–Kier alpha value is -1.78. The lowest BCUT2D eigenvalue weighted by Crippen LogP contribution is -2.44. The zero-order chi connectivity index (χ0) is 17.9. The van der Waals surface area contributed by atoms with Crippen LogP contribution in [0.2, 0.25) is 0 Å². The van der Waals surface area contributed by atoms with Gasteiger partial charge in [-0.05, 0) is 65.5 Å². The lowest BCUT2D eigenvalue weighted by molar-refractivity contribution is 0.0179. The molecule has 2 rings (SSSR count). The molecule has 1 heterocycles. The van der Waals surface area contributed by atoms with Crippen LogP contribution in [0.25, 0.3) is 0 Å². The van der Waals surface area contributed by atoms with Crippen LogP contribution in [-0.4, -0.2) is 35.7 Å². The maximum atomic E-state index is 13.6. The lowest BCUT2D eigenvalue weighted by atomic mass is 9.90. The van der Waals surface area contributed by atoms with Gasteiger partial charge in [0.15, 0.2) is 0 Å². The standard InChI is InChI=1S/C19H29FN2O2/c1-13-16(20)7-6-8-17(13)21-14(2)15-9-11-22(12-10-15)18(23)24-19(3,4)5/h6-8,14-15,21H,9-12H2,1-5H3. The summed E-state index contributed by atoms with van der Waals surface area (Å²) in [6.07, 6.45) is 1.60. The number of rotatable bonds is 3. The summed E-state index contributed by atoms with van der Waals surface area (Å²) in [5, 5.41) is 3.43. The van der Waals surface area contributed by atoms with Crippen molar-refractivity contribution in [3.8, 4) is 0 Å². The van der Waals surface area contributed by atoms with Gasteiger partial charge < -0.3 is 15.0 Å². The molecule has 0 spiro atoms. The number of piperidine rings is 1. The summed E-state index contributed by atoms with van der Waals surface area (Å²) in [6.45, 7) is 11.0. The number of amides is 1. The average Bonchev–Trinajstić information content (AvgIpc) is 2.50. The minimum Gasteiger partial charge on any atom is -0.444 e. The van der Waals surface area contributed by atoms with Crippen molar-refractivity contribution in [3.63, 3.8) is 0 Å². The zero-order valence-corrected chi connectivity index (χ0v) is 15.4. The van der Waals surface area contributed by atoms with E-state index in [0.29, 0.717) is 24.6 Å². The van der Waals surface area contributed by atoms with Gasteiger partial charge in [0, 0.05) is 30.4 Å². The highest BCUT2D eigenvalue weighted by molar-refractivity contribution is 5.68. The number of anilines is 1. The van der Waals surface area contributed by atoms with Gasteiger partial charge in [-0.15, -0.1) is 0 Å². The Balaban J connectivity index is 1.87. The molecule has 134 valence electrons. The van der Waals surface area contributed by atoms with Crippen molar-refractivity contribution in [1.29, 1.82) is 0 Å². The van der Waals surface area contributed by atoms with Crippen molar-refractivity contribution >= 4 is 11.8 Å². The SMILES string of the molecule is Cc1c(F)cccc1NC(C)C1CCN(C(=O)OC(C)(C)C)CC1. The van der Waals surface area contributed by atoms with Gasteiger partial charge in [0.25, 0.3) is 0 Å². The number of carbonyl (C=O) groups excluding carboxylic acids is 1. The van der Waals surface area contributed by atoms with Crippen LogP contribution in [-0.2, 0) is 4.74 Å². The van der Waals surface area contributed by atoms with E-state index in [-0.39, 0.29) is 18.0 Å². The van der Waals surface area contributed by atoms with E-state index in [1.807, 2.05) is 26.8 Å². The molecule has 1 aliphatic rings. The van der Waals surface area contributed by atoms with Crippen molar-refractivity contribution in [3.05, 3.63) is 29.6 Å². The Labute approximate surface area is 144 Å². The first-order valence-electron chi connectivity index (χ1n) is 8.67. The van der Waals surface area contributed by atoms with E-state index >= 15 is 0 Å². The summed E-state index contributed by atoms with van der Waals surface area (Å²) in [5.74, 6) is 0.262. The van der Waals surface area contributed by atoms with Gasteiger partial charge in [0.2, 0.25) is 0 Å². The molecule has 5 heteroatoms. The number of ether oxygens (including phenoxy) is 1. The smallest absolute Gasteiger partial charge is 0.410 e. The van der Waals surface area contributed by atoms with Gasteiger partial charge in [-0.2, -0.15) is 0 Å². The van der Waals surface area contributed by atoms with Gasteiger partial charge in [-0.1, -0.05) is 6.07 Å². The molecule has 1 aliphatic heterocycles. The van der Waals surface area contributed by atoms with Crippen LogP contribution in [0.1, 0.15) is 46.1 Å². The van der Waals surface area contributed by atoms with Crippen molar-refractivity contribution in [1.82, 2.24) is 4.90 Å². The minimum absolute atomic E-state index is 0.188. The van der Waals surface area contributed by atoms with Crippen LogP contribution < -0.4 is 5.32 Å². The van der Waals surface area contributed by atoms with E-state index in [1.54, 1.807) is 17.9 Å². The molecular weight excluding hydrogens is 307 g/mol. The minimum atomic E-state index is -0.461. The van der Waals surface area contributed by atoms with E-state index in [4.69, 9.17) is 4.74 Å². The zero-order valence-electron chi connectivity index (χ0n) is 15.4. The maximum Gasteiger partial charge on any atom is 0.410 e. The number of benzene rings is 1. The van der Waals surface area contributed by atoms with E-state index in [2.05, 4.69) is 12.2 Å². The van der Waals surface area contributed by atoms with E-state index < -0.39 is 5.60 Å². The number of halogens is 1. The van der Waals surface area contributed by atoms with Crippen LogP contribution in [0, 0.1) is 18.7 Å². The van der Waals surface area contributed by atoms with Crippen molar-refractivity contribution < 1.29 is 13.9 Å². The molecule has 1 unspecified atom stereocenters. The fourth-order valence-corrected chi connectivity index (χ4v) is 3.04. The summed E-state index contributed by atoms with van der Waals surface area (Å²) in [7, 11) is 0. The predicted octanol–water partition coefficient (Wildman–Crippen LogP) is 4.58. The first kappa shape index (κ1) is 18.6. The molecule has 1 amide bonds. The Morgan fingerprint density at radius 2 is 1.96 bits per heavy atom. The van der Waals surface area contributed by atoms with Crippen molar-refractivity contribution in [2.75, 3.05) is 18.4 Å². The Bertz CT molecular complexity index is 575. The number of carbonyl (C=O) groups is 1. The molecule has 0 saturated carbocycles. The number of hydrogen-bond donors (Lipinski definition) is 1. The van der Waals surface area contributed by atoms with Crippen molar-refractivity contribution in [2.45, 2.75) is 59.1 Å². The fourth-order valence-electron chi connectivity index (χ4n) is 3.04. The van der Waals surface area contributed by atoms with Crippen LogP contribution in [0.5, 0.6) is 0 Å². The second kappa shape index (κ2) is 7.41. The largest absolute Gasteiger partial charge is 0.444 e. The molecule has 0 bridgehead atoms. The maximum absolute atomic E-state index is 13.6. The number of likely N-dealkylation sites (tertiary alicyclic amines) is 1. The number of hydrogen-bond acceptors (Lipinski definition) is 3. The van der Waals surface area contributed by atoms with Gasteiger partial charge in [-0.3, -0.25) is 0 Å². The molecule has 1 aromatic rings. The van der Waals surface area contributed by atoms with Gasteiger partial charge in [0.05, 0.1) is 0 Å². The molecule has 0 radical (unpaired) electrons. The fraction of sp³-hybridized carbons (Fsp3) is 0.632. The van der Waals surface area contributed by atoms with Crippen LogP contribution in [0.15, 0.2) is 18.2 Å². The Kier molecular flexibility index (Phi) is 5.73. The molecule has 4 nitrogen and oxygen atoms in total. The van der Waals surface area contributed by atoms with E-state index in [1.165, 1.54) is 6.07 Å². The predicted molar refractivity (Wildman–Crippen MR) is 94.8 cm³/mol. The highest BCUT2D eigenvalue weighted by atomic mass is 19.1. The topological polar surface area (TPSA) is 41.6 Å². The number of nitrogens with one attached hydrogen (secondary N) is 1. The molecule has 0 aromatic heterocycles. The molecule has 24 heavy (non-hydrogen) atoms. The normalized spacial score (nSPS) is 17.5. The third kappa shape index (κ3) is 4.86. The summed E-state index contributed by atoms with van der Waals surface area (Å²) >= 11 is 0. The van der Waals surface area contributed by atoms with Crippen LogP contribution in [0.3, 0.4) is 0 Å². The van der Waals surface area contributed by atoms with Crippen LogP contribution >= 0.6 is 0 Å². The molecule has 1 saturated heterocycles. The monoisotopic (exact) mass is 336 g/mol. The average molecular weight is 336 g/mol. The molecule has 1 aromatic carbocycles. The Morgan fingerprint density at radius 3 is 2.54 bits per heavy atom. The molecule has 1 atom stereocenters. The summed E-state index contributed by atoms with van der Waals surface area (Å²) < 4.78 is 19.1.